The molecule has 0 saturated carbocycles. The fraction of sp³-hybridized carbons (Fsp3) is 0.211. The van der Waals surface area contributed by atoms with E-state index in [1.54, 1.807) is 30.3 Å². The highest BCUT2D eigenvalue weighted by molar-refractivity contribution is 7.14. The number of benzene rings is 1. The highest BCUT2D eigenvalue weighted by Crippen LogP contribution is 2.21. The first kappa shape index (κ1) is 17.9. The van der Waals surface area contributed by atoms with Crippen LogP contribution in [0.3, 0.4) is 0 Å². The van der Waals surface area contributed by atoms with Crippen LogP contribution in [0, 0.1) is 0 Å². The van der Waals surface area contributed by atoms with E-state index in [-0.39, 0.29) is 18.3 Å². The lowest BCUT2D eigenvalue weighted by molar-refractivity contribution is -0.118. The Morgan fingerprint density at radius 3 is 2.77 bits per heavy atom. The van der Waals surface area contributed by atoms with Crippen molar-refractivity contribution in [2.75, 3.05) is 13.2 Å². The van der Waals surface area contributed by atoms with Crippen molar-refractivity contribution < 1.29 is 18.7 Å². The van der Waals surface area contributed by atoms with Crippen LogP contribution < -0.4 is 15.7 Å². The van der Waals surface area contributed by atoms with E-state index >= 15 is 0 Å². The first-order valence-corrected chi connectivity index (χ1v) is 8.86. The molecule has 0 aliphatic carbocycles. The van der Waals surface area contributed by atoms with Crippen LogP contribution in [-0.4, -0.2) is 24.8 Å². The molecule has 134 valence electrons. The largest absolute Gasteiger partial charge is 0.485 e. The fourth-order valence-corrected chi connectivity index (χ4v) is 3.31. The summed E-state index contributed by atoms with van der Waals surface area (Å²) >= 11 is 1.39. The van der Waals surface area contributed by atoms with E-state index in [0.717, 1.165) is 10.3 Å². The first-order chi connectivity index (χ1) is 12.5. The number of Topliss-reactive ketones (excluding diaryl/α,β-unsaturated/α-hetero) is 1. The van der Waals surface area contributed by atoms with Gasteiger partial charge in [-0.2, -0.15) is 0 Å². The minimum absolute atomic E-state index is 0.0718. The van der Waals surface area contributed by atoms with Crippen molar-refractivity contribution in [3.63, 3.8) is 0 Å². The summed E-state index contributed by atoms with van der Waals surface area (Å²) in [5.41, 5.74) is -0.0186. The number of rotatable bonds is 7. The quantitative estimate of drug-likeness (QED) is 0.510. The molecular weight excluding hydrogens is 354 g/mol. The molecule has 2 heterocycles. The van der Waals surface area contributed by atoms with E-state index < -0.39 is 5.63 Å². The van der Waals surface area contributed by atoms with Crippen molar-refractivity contribution in [2.24, 2.45) is 0 Å². The summed E-state index contributed by atoms with van der Waals surface area (Å²) in [6.45, 7) is 1.91. The monoisotopic (exact) mass is 371 g/mol. The summed E-state index contributed by atoms with van der Waals surface area (Å²) in [6, 6.07) is 11.8. The zero-order chi connectivity index (χ0) is 18.5. The minimum atomic E-state index is -0.434. The molecule has 0 fully saturated rings. The summed E-state index contributed by atoms with van der Waals surface area (Å²) in [5, 5.41) is 3.51. The highest BCUT2D eigenvalue weighted by Gasteiger charge is 2.11. The molecule has 1 aromatic carbocycles. The van der Waals surface area contributed by atoms with E-state index in [4.69, 9.17) is 9.15 Å². The van der Waals surface area contributed by atoms with Crippen molar-refractivity contribution in [1.82, 2.24) is 5.32 Å². The lowest BCUT2D eigenvalue weighted by Crippen LogP contribution is -2.22. The molecule has 7 heteroatoms. The molecule has 6 nitrogen and oxygen atoms in total. The summed E-state index contributed by atoms with van der Waals surface area (Å²) < 4.78 is 10.6. The Labute approximate surface area is 153 Å². The van der Waals surface area contributed by atoms with Crippen LogP contribution in [0.25, 0.3) is 11.0 Å². The zero-order valence-electron chi connectivity index (χ0n) is 14.1. The fourth-order valence-electron chi connectivity index (χ4n) is 2.37. The van der Waals surface area contributed by atoms with Crippen LogP contribution in [0.2, 0.25) is 0 Å². The molecule has 0 unspecified atom stereocenters. The molecule has 1 amide bonds. The Hall–Kier alpha value is -2.93. The van der Waals surface area contributed by atoms with Crippen molar-refractivity contribution in [3.05, 3.63) is 62.6 Å². The molecule has 0 saturated heterocycles. The van der Waals surface area contributed by atoms with Crippen LogP contribution in [0.1, 0.15) is 21.5 Å². The topological polar surface area (TPSA) is 85.6 Å². The van der Waals surface area contributed by atoms with E-state index in [1.807, 2.05) is 6.07 Å². The second-order valence-corrected chi connectivity index (χ2v) is 6.83. The molecule has 26 heavy (non-hydrogen) atoms. The Morgan fingerprint density at radius 2 is 1.96 bits per heavy atom. The van der Waals surface area contributed by atoms with Gasteiger partial charge < -0.3 is 14.5 Å². The number of ether oxygens (including phenoxy) is 1. The normalized spacial score (nSPS) is 10.7. The van der Waals surface area contributed by atoms with Gasteiger partial charge in [0.25, 0.3) is 0 Å². The Bertz CT molecular complexity index is 1000. The molecular formula is C19H17NO5S. The lowest BCUT2D eigenvalue weighted by Gasteiger charge is -2.05. The van der Waals surface area contributed by atoms with Gasteiger partial charge in [0.2, 0.25) is 11.7 Å². The Balaban J connectivity index is 1.59. The van der Waals surface area contributed by atoms with Crippen LogP contribution in [0.5, 0.6) is 5.75 Å². The SMILES string of the molecule is CC(=O)NCCc1ccc(C(=O)COc2ccc3ccc(=O)oc3c2)s1. The number of hydrogen-bond donors (Lipinski definition) is 1. The third kappa shape index (κ3) is 4.58. The summed E-state index contributed by atoms with van der Waals surface area (Å²) in [6.07, 6.45) is 0.683. The van der Waals surface area contributed by atoms with Crippen LogP contribution in [0.4, 0.5) is 0 Å². The standard InChI is InChI=1S/C19H17NO5S/c1-12(21)20-9-8-15-5-6-18(26-15)16(22)11-24-14-4-2-13-3-7-19(23)25-17(13)10-14/h2-7,10H,8-9,11H2,1H3,(H,20,21). The Morgan fingerprint density at radius 1 is 1.15 bits per heavy atom. The highest BCUT2D eigenvalue weighted by atomic mass is 32.1. The van der Waals surface area contributed by atoms with Gasteiger partial charge in [-0.3, -0.25) is 9.59 Å². The van der Waals surface area contributed by atoms with Gasteiger partial charge in [0.1, 0.15) is 11.3 Å². The average molecular weight is 371 g/mol. The summed E-state index contributed by atoms with van der Waals surface area (Å²) in [5.74, 6) is 0.260. The molecule has 2 aromatic heterocycles. The van der Waals surface area contributed by atoms with Gasteiger partial charge in [0.05, 0.1) is 4.88 Å². The summed E-state index contributed by atoms with van der Waals surface area (Å²) in [7, 11) is 0. The second-order valence-electron chi connectivity index (χ2n) is 5.66. The van der Waals surface area contributed by atoms with Gasteiger partial charge in [0, 0.05) is 35.9 Å². The van der Waals surface area contributed by atoms with Crippen LogP contribution >= 0.6 is 11.3 Å². The van der Waals surface area contributed by atoms with Crippen molar-refractivity contribution >= 4 is 34.0 Å². The predicted octanol–water partition coefficient (Wildman–Crippen LogP) is 2.79. The molecule has 0 spiro atoms. The van der Waals surface area contributed by atoms with E-state index in [9.17, 15) is 14.4 Å². The number of hydrogen-bond acceptors (Lipinski definition) is 6. The number of ketones is 1. The van der Waals surface area contributed by atoms with E-state index in [1.165, 1.54) is 24.3 Å². The molecule has 0 atom stereocenters. The van der Waals surface area contributed by atoms with Gasteiger partial charge in [-0.1, -0.05) is 0 Å². The molecule has 1 N–H and O–H groups in total. The maximum Gasteiger partial charge on any atom is 0.336 e. The molecule has 0 aliphatic heterocycles. The molecule has 3 aromatic rings. The van der Waals surface area contributed by atoms with Gasteiger partial charge in [0.15, 0.2) is 6.61 Å². The molecule has 0 bridgehead atoms. The van der Waals surface area contributed by atoms with E-state index in [2.05, 4.69) is 5.32 Å². The average Bonchev–Trinajstić information content (AvgIpc) is 3.08. The predicted molar refractivity (Wildman–Crippen MR) is 99.0 cm³/mol. The smallest absolute Gasteiger partial charge is 0.336 e. The third-order valence-corrected chi connectivity index (χ3v) is 4.83. The number of amides is 1. The van der Waals surface area contributed by atoms with Crippen molar-refractivity contribution in [2.45, 2.75) is 13.3 Å². The first-order valence-electron chi connectivity index (χ1n) is 8.04. The van der Waals surface area contributed by atoms with Crippen molar-refractivity contribution in [1.29, 1.82) is 0 Å². The number of carbonyl (C=O) groups excluding carboxylic acids is 2. The zero-order valence-corrected chi connectivity index (χ0v) is 14.9. The maximum atomic E-state index is 12.3. The minimum Gasteiger partial charge on any atom is -0.485 e. The molecule has 3 rings (SSSR count). The second kappa shape index (κ2) is 7.97. The van der Waals surface area contributed by atoms with E-state index in [0.29, 0.717) is 29.2 Å². The Kier molecular flexibility index (Phi) is 5.48. The number of thiophene rings is 1. The van der Waals surface area contributed by atoms with Gasteiger partial charge in [-0.25, -0.2) is 4.79 Å². The maximum absolute atomic E-state index is 12.3. The van der Waals surface area contributed by atoms with Gasteiger partial charge in [-0.15, -0.1) is 11.3 Å². The van der Waals surface area contributed by atoms with Crippen LogP contribution in [-0.2, 0) is 11.2 Å². The van der Waals surface area contributed by atoms with Gasteiger partial charge >= 0.3 is 5.63 Å². The summed E-state index contributed by atoms with van der Waals surface area (Å²) in [4.78, 5) is 36.0. The number of nitrogens with one attached hydrogen (secondary N) is 1. The van der Waals surface area contributed by atoms with Crippen molar-refractivity contribution in [3.8, 4) is 5.75 Å². The van der Waals surface area contributed by atoms with Crippen LogP contribution in [0.15, 0.2) is 51.7 Å². The molecule has 0 radical (unpaired) electrons. The lowest BCUT2D eigenvalue weighted by atomic mass is 10.2. The third-order valence-electron chi connectivity index (χ3n) is 3.65. The number of fused-ring (bicyclic) bond motifs is 1. The van der Waals surface area contributed by atoms with Gasteiger partial charge in [-0.05, 0) is 36.8 Å². The number of carbonyl (C=O) groups is 2. The molecule has 0 aliphatic rings.